The maximum absolute atomic E-state index is 13.7. The van der Waals surface area contributed by atoms with E-state index >= 15 is 0 Å². The number of rotatable bonds is 3. The number of hydrogen-bond acceptors (Lipinski definition) is 4. The summed E-state index contributed by atoms with van der Waals surface area (Å²) in [6.07, 6.45) is -0.447. The first kappa shape index (κ1) is 20.9. The van der Waals surface area contributed by atoms with Gasteiger partial charge in [-0.2, -0.15) is 18.3 Å². The number of benzene rings is 2. The van der Waals surface area contributed by atoms with Gasteiger partial charge in [-0.25, -0.2) is 9.37 Å². The average Bonchev–Trinajstić information content (AvgIpc) is 3.25. The summed E-state index contributed by atoms with van der Waals surface area (Å²) in [5.74, 6) is -1.43. The summed E-state index contributed by atoms with van der Waals surface area (Å²) in [5, 5.41) is 14.7. The van der Waals surface area contributed by atoms with E-state index in [0.717, 1.165) is 18.3 Å². The Balaban J connectivity index is 1.75. The lowest BCUT2D eigenvalue weighted by atomic mass is 9.83. The van der Waals surface area contributed by atoms with E-state index in [4.69, 9.17) is 0 Å². The van der Waals surface area contributed by atoms with E-state index in [9.17, 15) is 27.5 Å². The summed E-state index contributed by atoms with van der Waals surface area (Å²) in [6.45, 7) is 0.246. The maximum Gasteiger partial charge on any atom is 0.416 e. The van der Waals surface area contributed by atoms with Crippen molar-refractivity contribution in [2.75, 3.05) is 0 Å². The topological polar surface area (TPSA) is 72.9 Å². The molecule has 0 fully saturated rings. The zero-order valence-electron chi connectivity index (χ0n) is 16.9. The Morgan fingerprint density at radius 1 is 1.09 bits per heavy atom. The number of aromatic hydroxyl groups is 1. The van der Waals surface area contributed by atoms with Crippen molar-refractivity contribution < 1.29 is 22.7 Å². The van der Waals surface area contributed by atoms with Gasteiger partial charge in [0.25, 0.3) is 0 Å². The Bertz CT molecular complexity index is 1390. The van der Waals surface area contributed by atoms with Crippen molar-refractivity contribution >= 4 is 0 Å². The molecule has 10 heteroatoms. The zero-order chi connectivity index (χ0) is 23.3. The molecular weight excluding hydrogens is 440 g/mol. The van der Waals surface area contributed by atoms with E-state index < -0.39 is 40.7 Å². The third-order valence-electron chi connectivity index (χ3n) is 5.80. The molecule has 1 aliphatic heterocycles. The van der Waals surface area contributed by atoms with Gasteiger partial charge in [0.05, 0.1) is 17.8 Å². The van der Waals surface area contributed by atoms with Crippen molar-refractivity contribution in [1.82, 2.24) is 19.3 Å². The molecule has 33 heavy (non-hydrogen) atoms. The van der Waals surface area contributed by atoms with Crippen LogP contribution in [-0.4, -0.2) is 24.4 Å². The minimum Gasteiger partial charge on any atom is -0.503 e. The van der Waals surface area contributed by atoms with Gasteiger partial charge in [0.15, 0.2) is 11.6 Å². The number of nitrogens with zero attached hydrogens (tertiary/aromatic N) is 4. The predicted octanol–water partition coefficient (Wildman–Crippen LogP) is 4.36. The lowest BCUT2D eigenvalue weighted by Crippen LogP contribution is -2.32. The Hall–Kier alpha value is -3.95. The minimum atomic E-state index is -4.55. The van der Waals surface area contributed by atoms with Crippen LogP contribution in [0.4, 0.5) is 17.6 Å². The first-order valence-electron chi connectivity index (χ1n) is 9.99. The molecule has 0 saturated carbocycles. The summed E-state index contributed by atoms with van der Waals surface area (Å²) < 4.78 is 57.2. The van der Waals surface area contributed by atoms with Gasteiger partial charge in [0.2, 0.25) is 5.43 Å². The van der Waals surface area contributed by atoms with Crippen LogP contribution in [0.25, 0.3) is 11.5 Å². The second-order valence-corrected chi connectivity index (χ2v) is 7.77. The van der Waals surface area contributed by atoms with Crippen LogP contribution < -0.4 is 5.43 Å². The van der Waals surface area contributed by atoms with Gasteiger partial charge < -0.3 is 9.67 Å². The van der Waals surface area contributed by atoms with Gasteiger partial charge >= 0.3 is 6.18 Å². The third-order valence-corrected chi connectivity index (χ3v) is 5.80. The van der Waals surface area contributed by atoms with Crippen LogP contribution in [0.5, 0.6) is 5.75 Å². The highest BCUT2D eigenvalue weighted by molar-refractivity contribution is 5.60. The Kier molecular flexibility index (Phi) is 4.80. The van der Waals surface area contributed by atoms with Crippen molar-refractivity contribution in [2.24, 2.45) is 0 Å². The standard InChI is InChI=1S/C23H16F4N4O2/c24-16-6-4-13(5-7-16)19(14-2-1-3-15(10-14)23(25,26)27)17-12-30-9-8-28-22(30)20-21(33)18(32)11-29-31(17)20/h1-11,17,19,33H,12H2/t17-,19?/m1/s1. The molecule has 1 aliphatic rings. The zero-order valence-corrected chi connectivity index (χ0v) is 16.9. The van der Waals surface area contributed by atoms with Crippen LogP contribution in [0, 0.1) is 5.82 Å². The van der Waals surface area contributed by atoms with Gasteiger partial charge in [-0.3, -0.25) is 9.48 Å². The molecule has 1 N–H and O–H groups in total. The quantitative estimate of drug-likeness (QED) is 0.465. The van der Waals surface area contributed by atoms with Crippen LogP contribution in [0.2, 0.25) is 0 Å². The molecule has 5 rings (SSSR count). The highest BCUT2D eigenvalue weighted by Crippen LogP contribution is 2.43. The molecule has 0 radical (unpaired) electrons. The van der Waals surface area contributed by atoms with E-state index in [2.05, 4.69) is 10.1 Å². The fourth-order valence-electron chi connectivity index (χ4n) is 4.33. The van der Waals surface area contributed by atoms with Crippen LogP contribution in [0.3, 0.4) is 0 Å². The number of hydrogen-bond donors (Lipinski definition) is 1. The molecule has 0 spiro atoms. The van der Waals surface area contributed by atoms with Gasteiger partial charge in [0.1, 0.15) is 11.5 Å². The lowest BCUT2D eigenvalue weighted by molar-refractivity contribution is -0.137. The van der Waals surface area contributed by atoms with Crippen molar-refractivity contribution in [1.29, 1.82) is 0 Å². The number of alkyl halides is 3. The highest BCUT2D eigenvalue weighted by atomic mass is 19.4. The SMILES string of the molecule is O=c1cnn2c(c1O)-c1nccn1C[C@@H]2C(c1ccc(F)cc1)c1cccc(C(F)(F)F)c1. The Labute approximate surface area is 184 Å². The predicted molar refractivity (Wildman–Crippen MR) is 110 cm³/mol. The molecule has 3 heterocycles. The number of fused-ring (bicyclic) bond motifs is 3. The maximum atomic E-state index is 13.7. The van der Waals surface area contributed by atoms with Gasteiger partial charge in [-0.05, 0) is 29.3 Å². The molecule has 168 valence electrons. The molecular formula is C23H16F4N4O2. The van der Waals surface area contributed by atoms with Crippen molar-refractivity contribution in [3.8, 4) is 17.3 Å². The Morgan fingerprint density at radius 3 is 2.58 bits per heavy atom. The van der Waals surface area contributed by atoms with Crippen molar-refractivity contribution in [2.45, 2.75) is 24.7 Å². The molecule has 0 aliphatic carbocycles. The molecule has 2 atom stereocenters. The summed E-state index contributed by atoms with van der Waals surface area (Å²) in [4.78, 5) is 16.3. The van der Waals surface area contributed by atoms with Crippen LogP contribution in [0.1, 0.15) is 28.7 Å². The molecule has 0 saturated heterocycles. The van der Waals surface area contributed by atoms with Crippen LogP contribution in [-0.2, 0) is 12.7 Å². The molecule has 2 aromatic carbocycles. The lowest BCUT2D eigenvalue weighted by Gasteiger charge is -2.35. The number of halogens is 4. The van der Waals surface area contributed by atoms with Gasteiger partial charge in [0, 0.05) is 24.9 Å². The second-order valence-electron chi connectivity index (χ2n) is 7.77. The molecule has 0 amide bonds. The smallest absolute Gasteiger partial charge is 0.416 e. The van der Waals surface area contributed by atoms with Crippen molar-refractivity contribution in [3.05, 3.63) is 99.9 Å². The largest absolute Gasteiger partial charge is 0.503 e. The minimum absolute atomic E-state index is 0.0721. The van der Waals surface area contributed by atoms with Crippen molar-refractivity contribution in [3.63, 3.8) is 0 Å². The molecule has 6 nitrogen and oxygen atoms in total. The second kappa shape index (κ2) is 7.58. The summed E-state index contributed by atoms with van der Waals surface area (Å²) >= 11 is 0. The fraction of sp³-hybridized carbons (Fsp3) is 0.174. The molecule has 4 aromatic rings. The first-order chi connectivity index (χ1) is 15.7. The van der Waals surface area contributed by atoms with Gasteiger partial charge in [-0.15, -0.1) is 0 Å². The number of imidazole rings is 1. The normalized spacial score (nSPS) is 16.2. The van der Waals surface area contributed by atoms with Crippen LogP contribution >= 0.6 is 0 Å². The monoisotopic (exact) mass is 456 g/mol. The highest BCUT2D eigenvalue weighted by Gasteiger charge is 2.37. The van der Waals surface area contributed by atoms with E-state index in [1.807, 2.05) is 0 Å². The summed E-state index contributed by atoms with van der Waals surface area (Å²) in [7, 11) is 0. The van der Waals surface area contributed by atoms with E-state index in [1.165, 1.54) is 41.2 Å². The first-order valence-corrected chi connectivity index (χ1v) is 9.99. The average molecular weight is 456 g/mol. The Morgan fingerprint density at radius 2 is 1.85 bits per heavy atom. The molecule has 0 bridgehead atoms. The van der Waals surface area contributed by atoms with Crippen LogP contribution in [0.15, 0.2) is 71.9 Å². The summed E-state index contributed by atoms with van der Waals surface area (Å²) in [5.41, 5.74) is -0.565. The van der Waals surface area contributed by atoms with Gasteiger partial charge in [-0.1, -0.05) is 30.3 Å². The third kappa shape index (κ3) is 3.57. The van der Waals surface area contributed by atoms with E-state index in [-0.39, 0.29) is 12.2 Å². The molecule has 1 unspecified atom stereocenters. The summed E-state index contributed by atoms with van der Waals surface area (Å²) in [6, 6.07) is 9.75. The molecule has 2 aromatic heterocycles. The fourth-order valence-corrected chi connectivity index (χ4v) is 4.33. The van der Waals surface area contributed by atoms with E-state index in [0.29, 0.717) is 17.0 Å². The van der Waals surface area contributed by atoms with E-state index in [1.54, 1.807) is 16.8 Å². The number of aromatic nitrogens is 4.